The van der Waals surface area contributed by atoms with Crippen LogP contribution in [0, 0.1) is 0 Å². The minimum absolute atomic E-state index is 1.19. The lowest BCUT2D eigenvalue weighted by atomic mass is 9.94. The van der Waals surface area contributed by atoms with Crippen molar-refractivity contribution in [3.63, 3.8) is 0 Å². The fourth-order valence-corrected chi connectivity index (χ4v) is 0.338. The van der Waals surface area contributed by atoms with Crippen LogP contribution in [0.2, 0.25) is 0 Å². The summed E-state index contributed by atoms with van der Waals surface area (Å²) in [6, 6.07) is 0. The summed E-state index contributed by atoms with van der Waals surface area (Å²) in [5.74, 6) is 1.19. The average Bonchev–Trinajstić information content (AvgIpc) is 1.35. The van der Waals surface area contributed by atoms with E-state index in [4.69, 9.17) is 10.0 Å². The van der Waals surface area contributed by atoms with Gasteiger partial charge in [0.25, 0.3) is 0 Å². The molecule has 0 unspecified atom stereocenters. The van der Waals surface area contributed by atoms with Crippen LogP contribution in [0.4, 0.5) is 0 Å². The van der Waals surface area contributed by atoms with Gasteiger partial charge in [0.05, 0.1) is 0 Å². The molecule has 0 heterocycles. The lowest BCUT2D eigenvalue weighted by molar-refractivity contribution is 0.424. The minimum Gasteiger partial charge on any atom is -0.424 e. The molecule has 2 N–H and O–H groups in total. The van der Waals surface area contributed by atoms with Crippen LogP contribution < -0.4 is 0 Å². The highest BCUT2D eigenvalue weighted by molar-refractivity contribution is 9.11. The number of hydrogen-bond donors (Lipinski definition) is 2. The molecular formula is C2H4BBrO2. The largest absolute Gasteiger partial charge is 0.481 e. The number of rotatable bonds is 1. The van der Waals surface area contributed by atoms with Gasteiger partial charge in [-0.1, -0.05) is 15.9 Å². The summed E-state index contributed by atoms with van der Waals surface area (Å²) in [5.41, 5.74) is 0. The Hall–Kier alpha value is 0.205. The van der Waals surface area contributed by atoms with Crippen LogP contribution in [-0.2, 0) is 0 Å². The lowest BCUT2D eigenvalue weighted by Crippen LogP contribution is -2.04. The highest BCUT2D eigenvalue weighted by Gasteiger charge is 1.94. The molecule has 0 rings (SSSR count). The number of hydrogen-bond acceptors (Lipinski definition) is 2. The first kappa shape index (κ1) is 6.20. The van der Waals surface area contributed by atoms with Gasteiger partial charge in [0.15, 0.2) is 0 Å². The maximum absolute atomic E-state index is 7.99. The molecule has 0 fully saturated rings. The molecule has 6 heavy (non-hydrogen) atoms. The van der Waals surface area contributed by atoms with Gasteiger partial charge in [-0.3, -0.25) is 0 Å². The van der Waals surface area contributed by atoms with Gasteiger partial charge < -0.3 is 10.0 Å². The molecule has 4 heteroatoms. The number of halogens is 1. The predicted molar refractivity (Wildman–Crippen MR) is 28.3 cm³/mol. The van der Waals surface area contributed by atoms with E-state index in [1.807, 2.05) is 0 Å². The Morgan fingerprint density at radius 3 is 2.00 bits per heavy atom. The van der Waals surface area contributed by atoms with Crippen molar-refractivity contribution < 1.29 is 10.0 Å². The van der Waals surface area contributed by atoms with Crippen LogP contribution in [0.15, 0.2) is 11.0 Å². The molecule has 0 bridgehead atoms. The van der Waals surface area contributed by atoms with Crippen molar-refractivity contribution in [3.05, 3.63) is 11.0 Å². The molecule has 0 spiro atoms. The lowest BCUT2D eigenvalue weighted by Gasteiger charge is -1.77. The topological polar surface area (TPSA) is 40.5 Å². The van der Waals surface area contributed by atoms with Crippen LogP contribution in [-0.4, -0.2) is 17.2 Å². The Kier molecular flexibility index (Phi) is 3.51. The van der Waals surface area contributed by atoms with E-state index >= 15 is 0 Å². The highest BCUT2D eigenvalue weighted by Crippen LogP contribution is 1.80. The molecule has 0 amide bonds. The average molecular weight is 151 g/mol. The molecule has 0 aliphatic carbocycles. The molecule has 0 aliphatic rings. The molecule has 2 nitrogen and oxygen atoms in total. The summed E-state index contributed by atoms with van der Waals surface area (Å²) < 4.78 is 0. The van der Waals surface area contributed by atoms with Crippen molar-refractivity contribution in [3.8, 4) is 0 Å². The van der Waals surface area contributed by atoms with Gasteiger partial charge in [0.1, 0.15) is 0 Å². The van der Waals surface area contributed by atoms with E-state index in [-0.39, 0.29) is 0 Å². The van der Waals surface area contributed by atoms with Gasteiger partial charge in [0.2, 0.25) is 0 Å². The Balaban J connectivity index is 3.03. The molecule has 0 aromatic rings. The maximum atomic E-state index is 7.99. The van der Waals surface area contributed by atoms with Gasteiger partial charge in [-0.25, -0.2) is 0 Å². The second-order valence-corrected chi connectivity index (χ2v) is 1.26. The molecule has 0 atom stereocenters. The Labute approximate surface area is 44.8 Å². The third-order valence-electron chi connectivity index (χ3n) is 0.245. The third-order valence-corrected chi connectivity index (χ3v) is 0.550. The zero-order valence-corrected chi connectivity index (χ0v) is 4.59. The molecule has 0 aliphatic heterocycles. The SMILES string of the molecule is OB(O)/C=C/Br. The van der Waals surface area contributed by atoms with E-state index in [0.29, 0.717) is 0 Å². The van der Waals surface area contributed by atoms with Crippen molar-refractivity contribution in [2.45, 2.75) is 0 Å². The molecule has 0 saturated carbocycles. The van der Waals surface area contributed by atoms with E-state index < -0.39 is 7.12 Å². The fourth-order valence-electron chi connectivity index (χ4n) is 0.0651. The standard InChI is InChI=1S/C2H4BBrO2/c4-2-1-3(5)6/h1-2,5-6H/b2-1+. The molecule has 34 valence electrons. The van der Waals surface area contributed by atoms with Gasteiger partial charge in [-0.15, -0.1) is 0 Å². The molecule has 0 radical (unpaired) electrons. The molecule has 0 aromatic carbocycles. The van der Waals surface area contributed by atoms with Crippen LogP contribution in [0.25, 0.3) is 0 Å². The minimum atomic E-state index is -1.33. The van der Waals surface area contributed by atoms with Gasteiger partial charge in [0, 0.05) is 0 Å². The van der Waals surface area contributed by atoms with Crippen molar-refractivity contribution in [1.29, 1.82) is 0 Å². The fraction of sp³-hybridized carbons (Fsp3) is 0. The summed E-state index contributed by atoms with van der Waals surface area (Å²) in [4.78, 5) is 1.39. The second kappa shape index (κ2) is 3.40. The summed E-state index contributed by atoms with van der Waals surface area (Å²) in [6.45, 7) is 0. The van der Waals surface area contributed by atoms with Crippen molar-refractivity contribution in [1.82, 2.24) is 0 Å². The summed E-state index contributed by atoms with van der Waals surface area (Å²) in [6.07, 6.45) is 0. The first-order chi connectivity index (χ1) is 2.77. The van der Waals surface area contributed by atoms with E-state index in [1.54, 1.807) is 0 Å². The molecular weight excluding hydrogens is 147 g/mol. The molecule has 0 aromatic heterocycles. The zero-order chi connectivity index (χ0) is 4.99. The smallest absolute Gasteiger partial charge is 0.424 e. The van der Waals surface area contributed by atoms with E-state index in [1.165, 1.54) is 11.0 Å². The van der Waals surface area contributed by atoms with Crippen LogP contribution in [0.1, 0.15) is 0 Å². The van der Waals surface area contributed by atoms with E-state index in [0.717, 1.165) is 0 Å². The summed E-state index contributed by atoms with van der Waals surface area (Å²) in [7, 11) is -1.33. The Morgan fingerprint density at radius 1 is 1.50 bits per heavy atom. The van der Waals surface area contributed by atoms with Gasteiger partial charge in [-0.2, -0.15) is 0 Å². The monoisotopic (exact) mass is 150 g/mol. The first-order valence-electron chi connectivity index (χ1n) is 1.40. The Bertz CT molecular complexity index is 53.5. The van der Waals surface area contributed by atoms with E-state index in [2.05, 4.69) is 15.9 Å². The van der Waals surface area contributed by atoms with Crippen molar-refractivity contribution in [2.75, 3.05) is 0 Å². The van der Waals surface area contributed by atoms with E-state index in [9.17, 15) is 0 Å². The quantitative estimate of drug-likeness (QED) is 0.513. The zero-order valence-electron chi connectivity index (χ0n) is 3.00. The van der Waals surface area contributed by atoms with Crippen LogP contribution in [0.3, 0.4) is 0 Å². The van der Waals surface area contributed by atoms with Crippen LogP contribution >= 0.6 is 15.9 Å². The van der Waals surface area contributed by atoms with Gasteiger partial charge in [-0.05, 0) is 11.0 Å². The first-order valence-corrected chi connectivity index (χ1v) is 2.32. The maximum Gasteiger partial charge on any atom is 0.481 e. The van der Waals surface area contributed by atoms with Crippen LogP contribution in [0.5, 0.6) is 0 Å². The normalized spacial score (nSPS) is 9.83. The highest BCUT2D eigenvalue weighted by atomic mass is 79.9. The third kappa shape index (κ3) is 4.20. The summed E-state index contributed by atoms with van der Waals surface area (Å²) in [5, 5.41) is 16.0. The summed E-state index contributed by atoms with van der Waals surface area (Å²) >= 11 is 2.85. The Morgan fingerprint density at radius 2 is 2.00 bits per heavy atom. The van der Waals surface area contributed by atoms with Gasteiger partial charge >= 0.3 is 7.12 Å². The van der Waals surface area contributed by atoms with Crippen molar-refractivity contribution in [2.24, 2.45) is 0 Å². The second-order valence-electron chi connectivity index (χ2n) is 0.732. The molecule has 0 saturated heterocycles. The van der Waals surface area contributed by atoms with Crippen molar-refractivity contribution >= 4 is 23.0 Å². The predicted octanol–water partition coefficient (Wildman–Crippen LogP) is -0.0930.